The van der Waals surface area contributed by atoms with Crippen LogP contribution < -0.4 is 20.5 Å². The third kappa shape index (κ3) is 3.99. The number of carbonyl (C=O) groups excluding carboxylic acids is 1. The quantitative estimate of drug-likeness (QED) is 0.808. The molecule has 1 aliphatic carbocycles. The normalized spacial score (nSPS) is 18.5. The van der Waals surface area contributed by atoms with Gasteiger partial charge < -0.3 is 20.5 Å². The van der Waals surface area contributed by atoms with Crippen molar-refractivity contribution >= 4 is 5.91 Å². The Kier molecular flexibility index (Phi) is 5.53. The van der Waals surface area contributed by atoms with Crippen LogP contribution in [-0.2, 0) is 16.6 Å². The van der Waals surface area contributed by atoms with Crippen LogP contribution in [0.15, 0.2) is 48.5 Å². The van der Waals surface area contributed by atoms with Crippen LogP contribution in [-0.4, -0.2) is 31.7 Å². The van der Waals surface area contributed by atoms with Gasteiger partial charge >= 0.3 is 0 Å². The lowest BCUT2D eigenvalue weighted by atomic mass is 9.78. The largest absolute Gasteiger partial charge is 0.486 e. The van der Waals surface area contributed by atoms with E-state index in [1.165, 1.54) is 18.4 Å². The van der Waals surface area contributed by atoms with Crippen LogP contribution in [0.25, 0.3) is 0 Å². The number of hydrogen-bond donors (Lipinski definition) is 2. The Morgan fingerprint density at radius 2 is 1.75 bits per heavy atom. The fourth-order valence-electron chi connectivity index (χ4n) is 4.34. The first-order valence-electron chi connectivity index (χ1n) is 10.1. The van der Waals surface area contributed by atoms with Crippen LogP contribution in [0.4, 0.5) is 0 Å². The molecule has 0 bridgehead atoms. The summed E-state index contributed by atoms with van der Waals surface area (Å²) in [5.41, 5.74) is 8.39. The Hall–Kier alpha value is -2.53. The number of nitrogens with two attached hydrogens (primary N) is 1. The minimum absolute atomic E-state index is 0.0576. The van der Waals surface area contributed by atoms with Gasteiger partial charge in [-0.15, -0.1) is 0 Å². The average Bonchev–Trinajstić information content (AvgIpc) is 3.22. The van der Waals surface area contributed by atoms with Gasteiger partial charge in [-0.3, -0.25) is 4.79 Å². The van der Waals surface area contributed by atoms with E-state index in [1.54, 1.807) is 0 Å². The minimum Gasteiger partial charge on any atom is -0.486 e. The van der Waals surface area contributed by atoms with Crippen LogP contribution in [0.2, 0.25) is 0 Å². The van der Waals surface area contributed by atoms with Gasteiger partial charge in [0, 0.05) is 12.0 Å². The first-order chi connectivity index (χ1) is 13.7. The molecule has 148 valence electrons. The summed E-state index contributed by atoms with van der Waals surface area (Å²) in [6, 6.07) is 15.6. The molecule has 5 nitrogen and oxygen atoms in total. The topological polar surface area (TPSA) is 73.6 Å². The summed E-state index contributed by atoms with van der Waals surface area (Å²) in [4.78, 5) is 12.6. The van der Waals surface area contributed by atoms with Crippen LogP contribution in [0, 0.1) is 0 Å². The lowest BCUT2D eigenvalue weighted by Crippen LogP contribution is -2.47. The molecule has 1 saturated carbocycles. The molecule has 4 rings (SSSR count). The van der Waals surface area contributed by atoms with Crippen molar-refractivity contribution in [2.75, 3.05) is 19.8 Å². The molecule has 1 aliphatic heterocycles. The lowest BCUT2D eigenvalue weighted by molar-refractivity contribution is -0.122. The first-order valence-corrected chi connectivity index (χ1v) is 10.1. The van der Waals surface area contributed by atoms with Crippen molar-refractivity contribution in [1.82, 2.24) is 5.32 Å². The molecule has 5 heteroatoms. The van der Waals surface area contributed by atoms with E-state index in [4.69, 9.17) is 15.2 Å². The second-order valence-electron chi connectivity index (χ2n) is 7.86. The van der Waals surface area contributed by atoms with Gasteiger partial charge in [0.15, 0.2) is 11.5 Å². The van der Waals surface area contributed by atoms with Crippen molar-refractivity contribution in [2.24, 2.45) is 5.73 Å². The van der Waals surface area contributed by atoms with E-state index < -0.39 is 6.04 Å². The molecule has 1 amide bonds. The van der Waals surface area contributed by atoms with Gasteiger partial charge in [-0.25, -0.2) is 0 Å². The van der Waals surface area contributed by atoms with Crippen LogP contribution in [0.3, 0.4) is 0 Å². The molecule has 0 unspecified atom stereocenters. The summed E-state index contributed by atoms with van der Waals surface area (Å²) >= 11 is 0. The third-order valence-electron chi connectivity index (χ3n) is 5.95. The SMILES string of the molecule is N[C@@H](Cc1ccccc1)C(=O)NCC1(c2ccc3c(c2)OCCO3)CCCC1. The number of hydrogen-bond acceptors (Lipinski definition) is 4. The van der Waals surface area contributed by atoms with Gasteiger partial charge in [-0.05, 0) is 42.5 Å². The molecule has 0 saturated heterocycles. The van der Waals surface area contributed by atoms with Gasteiger partial charge in [0.05, 0.1) is 6.04 Å². The molecule has 1 fully saturated rings. The molecule has 3 N–H and O–H groups in total. The van der Waals surface area contributed by atoms with E-state index >= 15 is 0 Å². The van der Waals surface area contributed by atoms with E-state index in [-0.39, 0.29) is 11.3 Å². The summed E-state index contributed by atoms with van der Waals surface area (Å²) in [5.74, 6) is 1.52. The predicted molar refractivity (Wildman–Crippen MR) is 109 cm³/mol. The molecule has 2 aliphatic rings. The van der Waals surface area contributed by atoms with E-state index in [0.717, 1.165) is 29.9 Å². The van der Waals surface area contributed by atoms with Gasteiger partial charge in [0.1, 0.15) is 13.2 Å². The minimum atomic E-state index is -0.541. The predicted octanol–water partition coefficient (Wildman–Crippen LogP) is 2.96. The Bertz CT molecular complexity index is 816. The Balaban J connectivity index is 1.44. The fourth-order valence-corrected chi connectivity index (χ4v) is 4.34. The number of carbonyl (C=O) groups is 1. The third-order valence-corrected chi connectivity index (χ3v) is 5.95. The molecular weight excluding hydrogens is 352 g/mol. The molecule has 1 atom stereocenters. The monoisotopic (exact) mass is 380 g/mol. The standard InChI is InChI=1S/C23H28N2O3/c24-19(14-17-6-2-1-3-7-17)22(26)25-16-23(10-4-5-11-23)18-8-9-20-21(15-18)28-13-12-27-20/h1-3,6-9,15,19H,4-5,10-14,16,24H2,(H,25,26)/t19-/m0/s1. The zero-order valence-electron chi connectivity index (χ0n) is 16.2. The molecular formula is C23H28N2O3. The van der Waals surface area contributed by atoms with E-state index in [9.17, 15) is 4.79 Å². The molecule has 0 aromatic heterocycles. The van der Waals surface area contributed by atoms with Crippen molar-refractivity contribution < 1.29 is 14.3 Å². The van der Waals surface area contributed by atoms with Crippen LogP contribution in [0.5, 0.6) is 11.5 Å². The summed E-state index contributed by atoms with van der Waals surface area (Å²) < 4.78 is 11.4. The number of ether oxygens (including phenoxy) is 2. The van der Waals surface area contributed by atoms with Crippen LogP contribution in [0.1, 0.15) is 36.8 Å². The second kappa shape index (κ2) is 8.23. The Morgan fingerprint density at radius 1 is 1.04 bits per heavy atom. The highest BCUT2D eigenvalue weighted by Gasteiger charge is 2.37. The number of amides is 1. The maximum absolute atomic E-state index is 12.6. The zero-order chi connectivity index (χ0) is 19.4. The van der Waals surface area contributed by atoms with E-state index in [2.05, 4.69) is 17.4 Å². The lowest BCUT2D eigenvalue weighted by Gasteiger charge is -2.31. The Morgan fingerprint density at radius 3 is 2.50 bits per heavy atom. The van der Waals surface area contributed by atoms with Gasteiger partial charge in [-0.2, -0.15) is 0 Å². The van der Waals surface area contributed by atoms with Gasteiger partial charge in [-0.1, -0.05) is 49.2 Å². The maximum Gasteiger partial charge on any atom is 0.237 e. The summed E-state index contributed by atoms with van der Waals surface area (Å²) in [6.07, 6.45) is 4.99. The summed E-state index contributed by atoms with van der Waals surface area (Å²) in [5, 5.41) is 3.13. The summed E-state index contributed by atoms with van der Waals surface area (Å²) in [7, 11) is 0. The number of rotatable bonds is 6. The van der Waals surface area contributed by atoms with Crippen molar-refractivity contribution in [1.29, 1.82) is 0 Å². The smallest absolute Gasteiger partial charge is 0.237 e. The highest BCUT2D eigenvalue weighted by molar-refractivity contribution is 5.82. The molecule has 28 heavy (non-hydrogen) atoms. The van der Waals surface area contributed by atoms with E-state index in [1.807, 2.05) is 36.4 Å². The fraction of sp³-hybridized carbons (Fsp3) is 0.435. The van der Waals surface area contributed by atoms with Crippen molar-refractivity contribution in [3.8, 4) is 11.5 Å². The Labute approximate surface area is 166 Å². The van der Waals surface area contributed by atoms with Crippen molar-refractivity contribution in [2.45, 2.75) is 43.6 Å². The highest BCUT2D eigenvalue weighted by atomic mass is 16.6. The second-order valence-corrected chi connectivity index (χ2v) is 7.86. The molecule has 2 aromatic rings. The van der Waals surface area contributed by atoms with Gasteiger partial charge in [0.2, 0.25) is 5.91 Å². The molecule has 2 aromatic carbocycles. The maximum atomic E-state index is 12.6. The van der Waals surface area contributed by atoms with Crippen molar-refractivity contribution in [3.63, 3.8) is 0 Å². The highest BCUT2D eigenvalue weighted by Crippen LogP contribution is 2.43. The summed E-state index contributed by atoms with van der Waals surface area (Å²) in [6.45, 7) is 1.77. The van der Waals surface area contributed by atoms with Gasteiger partial charge in [0.25, 0.3) is 0 Å². The molecule has 0 spiro atoms. The molecule has 0 radical (unpaired) electrons. The zero-order valence-corrected chi connectivity index (χ0v) is 16.2. The first kappa shape index (κ1) is 18.8. The number of fused-ring (bicyclic) bond motifs is 1. The van der Waals surface area contributed by atoms with Crippen molar-refractivity contribution in [3.05, 3.63) is 59.7 Å². The average molecular weight is 380 g/mol. The molecule has 1 heterocycles. The number of nitrogens with one attached hydrogen (secondary N) is 1. The van der Waals surface area contributed by atoms with E-state index in [0.29, 0.717) is 26.2 Å². The van der Waals surface area contributed by atoms with Crippen LogP contribution >= 0.6 is 0 Å². The number of benzene rings is 2.